The maximum atomic E-state index is 12.0. The van der Waals surface area contributed by atoms with Crippen molar-refractivity contribution >= 4 is 6.72 Å². The molecular weight excluding hydrogens is 202 g/mol. The minimum atomic E-state index is -0.0592. The van der Waals surface area contributed by atoms with Crippen LogP contribution in [0.15, 0.2) is 40.2 Å². The Morgan fingerprint density at radius 1 is 1.19 bits per heavy atom. The lowest BCUT2D eigenvalue weighted by Gasteiger charge is -2.06. The number of nitrogens with zero attached hydrogens (tertiary/aromatic N) is 3. The standard InChI is InChI=1S/C12H13N3O/c1-9-10(2)15(13-3)14(12(9)16)11-7-5-4-6-8-11/h4-8H,3H2,1-2H3. The zero-order valence-corrected chi connectivity index (χ0v) is 9.34. The van der Waals surface area contributed by atoms with E-state index in [-0.39, 0.29) is 5.56 Å². The topological polar surface area (TPSA) is 39.3 Å². The normalized spacial score (nSPS) is 10.4. The SMILES string of the molecule is C=Nn1c(C)c(C)c(=O)n1-c1ccccc1. The van der Waals surface area contributed by atoms with Crippen LogP contribution in [0.2, 0.25) is 0 Å². The molecule has 0 bridgehead atoms. The minimum absolute atomic E-state index is 0.0592. The molecule has 0 atom stereocenters. The van der Waals surface area contributed by atoms with E-state index in [0.29, 0.717) is 5.56 Å². The average Bonchev–Trinajstić information content (AvgIpc) is 2.54. The molecule has 0 unspecified atom stereocenters. The maximum absolute atomic E-state index is 12.0. The molecule has 82 valence electrons. The molecule has 0 N–H and O–H groups in total. The molecule has 0 aliphatic rings. The number of para-hydroxylation sites is 1. The van der Waals surface area contributed by atoms with Gasteiger partial charge in [0, 0.05) is 12.3 Å². The largest absolute Gasteiger partial charge is 0.276 e. The molecule has 0 amide bonds. The van der Waals surface area contributed by atoms with Gasteiger partial charge in [-0.15, -0.1) is 0 Å². The summed E-state index contributed by atoms with van der Waals surface area (Å²) in [4.78, 5) is 13.5. The molecule has 0 spiro atoms. The third kappa shape index (κ3) is 1.39. The first-order chi connectivity index (χ1) is 7.66. The summed E-state index contributed by atoms with van der Waals surface area (Å²) >= 11 is 0. The summed E-state index contributed by atoms with van der Waals surface area (Å²) in [7, 11) is 0. The molecule has 0 aliphatic carbocycles. The number of hydrogen-bond donors (Lipinski definition) is 0. The van der Waals surface area contributed by atoms with Crippen LogP contribution >= 0.6 is 0 Å². The molecule has 1 aromatic carbocycles. The van der Waals surface area contributed by atoms with Crippen LogP contribution in [0.25, 0.3) is 5.69 Å². The number of benzene rings is 1. The van der Waals surface area contributed by atoms with Gasteiger partial charge < -0.3 is 0 Å². The average molecular weight is 215 g/mol. The lowest BCUT2D eigenvalue weighted by molar-refractivity contribution is 0.617. The quantitative estimate of drug-likeness (QED) is 0.703. The van der Waals surface area contributed by atoms with Crippen LogP contribution < -0.4 is 5.56 Å². The zero-order valence-electron chi connectivity index (χ0n) is 9.34. The molecule has 4 heteroatoms. The van der Waals surface area contributed by atoms with Crippen LogP contribution in [-0.4, -0.2) is 16.2 Å². The van der Waals surface area contributed by atoms with E-state index in [1.165, 1.54) is 9.47 Å². The van der Waals surface area contributed by atoms with Crippen LogP contribution in [0.1, 0.15) is 11.3 Å². The van der Waals surface area contributed by atoms with E-state index in [1.807, 2.05) is 37.3 Å². The summed E-state index contributed by atoms with van der Waals surface area (Å²) < 4.78 is 1.51. The molecule has 0 aliphatic heterocycles. The summed E-state index contributed by atoms with van der Waals surface area (Å²) in [5.41, 5.74) is 2.23. The number of aromatic nitrogens is 2. The van der Waals surface area contributed by atoms with E-state index in [4.69, 9.17) is 0 Å². The lowest BCUT2D eigenvalue weighted by Crippen LogP contribution is -2.19. The van der Waals surface area contributed by atoms with Gasteiger partial charge in [-0.1, -0.05) is 18.2 Å². The Hall–Kier alpha value is -2.10. The minimum Gasteiger partial charge on any atom is -0.267 e. The van der Waals surface area contributed by atoms with Gasteiger partial charge in [0.05, 0.1) is 11.4 Å². The molecular formula is C12H13N3O. The molecule has 4 nitrogen and oxygen atoms in total. The monoisotopic (exact) mass is 215 g/mol. The van der Waals surface area contributed by atoms with Gasteiger partial charge in [0.1, 0.15) is 0 Å². The highest BCUT2D eigenvalue weighted by atomic mass is 16.1. The summed E-state index contributed by atoms with van der Waals surface area (Å²) in [5.74, 6) is 0. The van der Waals surface area contributed by atoms with Crippen molar-refractivity contribution in [2.45, 2.75) is 13.8 Å². The Labute approximate surface area is 93.4 Å². The first-order valence-electron chi connectivity index (χ1n) is 5.00. The van der Waals surface area contributed by atoms with Crippen molar-refractivity contribution in [2.75, 3.05) is 0 Å². The van der Waals surface area contributed by atoms with Crippen LogP contribution in [0.3, 0.4) is 0 Å². The first-order valence-corrected chi connectivity index (χ1v) is 5.00. The Balaban J connectivity index is 2.80. The van der Waals surface area contributed by atoms with Gasteiger partial charge in [-0.25, -0.2) is 0 Å². The van der Waals surface area contributed by atoms with Gasteiger partial charge in [-0.2, -0.15) is 14.6 Å². The molecule has 2 rings (SSSR count). The fraction of sp³-hybridized carbons (Fsp3) is 0.167. The van der Waals surface area contributed by atoms with Crippen molar-refractivity contribution in [3.63, 3.8) is 0 Å². The Kier molecular flexibility index (Phi) is 2.48. The Bertz CT molecular complexity index is 578. The van der Waals surface area contributed by atoms with E-state index in [1.54, 1.807) is 6.92 Å². The second-order valence-corrected chi connectivity index (χ2v) is 3.59. The molecule has 0 saturated carbocycles. The highest BCUT2D eigenvalue weighted by Gasteiger charge is 2.13. The highest BCUT2D eigenvalue weighted by Crippen LogP contribution is 2.09. The fourth-order valence-electron chi connectivity index (χ4n) is 1.66. The predicted octanol–water partition coefficient (Wildman–Crippen LogP) is 1.72. The third-order valence-electron chi connectivity index (χ3n) is 2.68. The van der Waals surface area contributed by atoms with E-state index in [9.17, 15) is 4.79 Å². The number of rotatable bonds is 2. The van der Waals surface area contributed by atoms with Gasteiger partial charge in [0.25, 0.3) is 5.56 Å². The summed E-state index contributed by atoms with van der Waals surface area (Å²) in [6.45, 7) is 7.13. The molecule has 0 fully saturated rings. The van der Waals surface area contributed by atoms with Crippen molar-refractivity contribution in [2.24, 2.45) is 5.10 Å². The summed E-state index contributed by atoms with van der Waals surface area (Å²) in [6.07, 6.45) is 0. The van der Waals surface area contributed by atoms with Crippen molar-refractivity contribution in [1.82, 2.24) is 9.47 Å². The molecule has 16 heavy (non-hydrogen) atoms. The summed E-state index contributed by atoms with van der Waals surface area (Å²) in [5, 5.41) is 3.86. The zero-order chi connectivity index (χ0) is 11.7. The smallest absolute Gasteiger partial charge is 0.267 e. The van der Waals surface area contributed by atoms with E-state index >= 15 is 0 Å². The third-order valence-corrected chi connectivity index (χ3v) is 2.68. The van der Waals surface area contributed by atoms with Gasteiger partial charge in [0.15, 0.2) is 0 Å². The van der Waals surface area contributed by atoms with Gasteiger partial charge in [-0.3, -0.25) is 4.79 Å². The second kappa shape index (κ2) is 3.81. The van der Waals surface area contributed by atoms with Crippen LogP contribution in [-0.2, 0) is 0 Å². The van der Waals surface area contributed by atoms with Crippen molar-refractivity contribution < 1.29 is 0 Å². The highest BCUT2D eigenvalue weighted by molar-refractivity contribution is 5.34. The van der Waals surface area contributed by atoms with E-state index in [0.717, 1.165) is 11.4 Å². The first kappa shape index (κ1) is 10.4. The van der Waals surface area contributed by atoms with E-state index in [2.05, 4.69) is 11.8 Å². The molecule has 0 radical (unpaired) electrons. The van der Waals surface area contributed by atoms with Crippen LogP contribution in [0, 0.1) is 13.8 Å². The Morgan fingerprint density at radius 2 is 1.81 bits per heavy atom. The maximum Gasteiger partial charge on any atom is 0.276 e. The van der Waals surface area contributed by atoms with E-state index < -0.39 is 0 Å². The number of hydrogen-bond acceptors (Lipinski definition) is 2. The van der Waals surface area contributed by atoms with Crippen LogP contribution in [0.5, 0.6) is 0 Å². The van der Waals surface area contributed by atoms with Gasteiger partial charge >= 0.3 is 0 Å². The molecule has 1 aromatic heterocycles. The van der Waals surface area contributed by atoms with Crippen molar-refractivity contribution in [1.29, 1.82) is 0 Å². The molecule has 1 heterocycles. The van der Waals surface area contributed by atoms with Gasteiger partial charge in [-0.05, 0) is 26.0 Å². The van der Waals surface area contributed by atoms with Gasteiger partial charge in [0.2, 0.25) is 0 Å². The molecule has 0 saturated heterocycles. The Morgan fingerprint density at radius 3 is 2.38 bits per heavy atom. The van der Waals surface area contributed by atoms with Crippen LogP contribution in [0.4, 0.5) is 0 Å². The lowest BCUT2D eigenvalue weighted by atomic mass is 10.3. The molecule has 2 aromatic rings. The fourth-order valence-corrected chi connectivity index (χ4v) is 1.66. The predicted molar refractivity (Wildman–Crippen MR) is 64.5 cm³/mol. The summed E-state index contributed by atoms with van der Waals surface area (Å²) in [6, 6.07) is 9.40. The van der Waals surface area contributed by atoms with Crippen molar-refractivity contribution in [3.8, 4) is 5.69 Å². The second-order valence-electron chi connectivity index (χ2n) is 3.59. The van der Waals surface area contributed by atoms with Crippen molar-refractivity contribution in [3.05, 3.63) is 51.9 Å².